The summed E-state index contributed by atoms with van der Waals surface area (Å²) in [4.78, 5) is 17.1. The Morgan fingerprint density at radius 2 is 1.80 bits per heavy atom. The molecule has 4 aromatic rings. The van der Waals surface area contributed by atoms with E-state index in [4.69, 9.17) is 0 Å². The molecule has 1 aromatic heterocycles. The van der Waals surface area contributed by atoms with Gasteiger partial charge in [-0.1, -0.05) is 48.5 Å². The third-order valence-electron chi connectivity index (χ3n) is 4.00. The van der Waals surface area contributed by atoms with Crippen LogP contribution in [0.1, 0.15) is 10.9 Å². The van der Waals surface area contributed by atoms with Crippen molar-refractivity contribution in [3.8, 4) is 6.07 Å². The van der Waals surface area contributed by atoms with E-state index in [2.05, 4.69) is 16.4 Å². The van der Waals surface area contributed by atoms with Crippen molar-refractivity contribution >= 4 is 43.9 Å². The molecule has 4 rings (SSSR count). The van der Waals surface area contributed by atoms with Crippen LogP contribution >= 0.6 is 11.3 Å². The number of carbonyl (C=O) groups is 1. The van der Waals surface area contributed by atoms with Crippen LogP contribution in [0.4, 0.5) is 5.69 Å². The number of aromatic nitrogens is 1. The second kappa shape index (κ2) is 6.34. The van der Waals surface area contributed by atoms with Crippen molar-refractivity contribution in [1.29, 1.82) is 5.26 Å². The molecule has 1 N–H and O–H groups in total. The minimum absolute atomic E-state index is 0.363. The average molecular weight is 343 g/mol. The van der Waals surface area contributed by atoms with Crippen LogP contribution in [0.15, 0.2) is 66.7 Å². The lowest BCUT2D eigenvalue weighted by Gasteiger charge is -2.10. The van der Waals surface area contributed by atoms with Gasteiger partial charge in [0.25, 0.3) is 0 Å². The van der Waals surface area contributed by atoms with E-state index < -0.39 is 5.92 Å². The van der Waals surface area contributed by atoms with Crippen molar-refractivity contribution in [3.05, 3.63) is 71.7 Å². The molecule has 1 heterocycles. The van der Waals surface area contributed by atoms with Gasteiger partial charge >= 0.3 is 0 Å². The van der Waals surface area contributed by atoms with Crippen LogP contribution in [0.25, 0.3) is 21.0 Å². The molecule has 1 atom stereocenters. The average Bonchev–Trinajstić information content (AvgIpc) is 3.06. The molecule has 0 aliphatic rings. The van der Waals surface area contributed by atoms with Crippen molar-refractivity contribution in [3.63, 3.8) is 0 Å². The van der Waals surface area contributed by atoms with Crippen LogP contribution in [-0.2, 0) is 4.79 Å². The fraction of sp³-hybridized carbons (Fsp3) is 0.0500. The van der Waals surface area contributed by atoms with Crippen LogP contribution in [0.5, 0.6) is 0 Å². The van der Waals surface area contributed by atoms with Crippen molar-refractivity contribution in [2.24, 2.45) is 0 Å². The maximum Gasteiger partial charge on any atom is 0.248 e. The lowest BCUT2D eigenvalue weighted by molar-refractivity contribution is -0.116. The SMILES string of the molecule is N#C[C@H](C(=O)Nc1cccc2ccccc12)c1nc2ccccc2s1. The zero-order valence-electron chi connectivity index (χ0n) is 13.1. The summed E-state index contributed by atoms with van der Waals surface area (Å²) in [5.41, 5.74) is 1.50. The zero-order valence-corrected chi connectivity index (χ0v) is 14.0. The van der Waals surface area contributed by atoms with Crippen molar-refractivity contribution in [2.75, 3.05) is 5.32 Å². The van der Waals surface area contributed by atoms with E-state index in [9.17, 15) is 10.1 Å². The lowest BCUT2D eigenvalue weighted by atomic mass is 10.1. The molecule has 0 unspecified atom stereocenters. The van der Waals surface area contributed by atoms with Gasteiger partial charge in [-0.05, 0) is 23.6 Å². The molecule has 0 aliphatic carbocycles. The molecule has 4 nitrogen and oxygen atoms in total. The molecule has 3 aromatic carbocycles. The number of thiazole rings is 1. The molecule has 25 heavy (non-hydrogen) atoms. The highest BCUT2D eigenvalue weighted by molar-refractivity contribution is 7.18. The molecular weight excluding hydrogens is 330 g/mol. The van der Waals surface area contributed by atoms with Gasteiger partial charge in [0.15, 0.2) is 5.92 Å². The first kappa shape index (κ1) is 15.3. The summed E-state index contributed by atoms with van der Waals surface area (Å²) in [6.07, 6.45) is 0. The Morgan fingerprint density at radius 3 is 2.64 bits per heavy atom. The number of anilines is 1. The van der Waals surface area contributed by atoms with E-state index in [0.717, 1.165) is 21.0 Å². The van der Waals surface area contributed by atoms with Gasteiger partial charge in [0.1, 0.15) is 5.01 Å². The fourth-order valence-corrected chi connectivity index (χ4v) is 3.79. The van der Waals surface area contributed by atoms with E-state index in [-0.39, 0.29) is 5.91 Å². The summed E-state index contributed by atoms with van der Waals surface area (Å²) in [6.45, 7) is 0. The third-order valence-corrected chi connectivity index (χ3v) is 5.10. The molecular formula is C20H13N3OS. The van der Waals surface area contributed by atoms with Gasteiger partial charge in [-0.25, -0.2) is 4.98 Å². The van der Waals surface area contributed by atoms with E-state index in [1.54, 1.807) is 0 Å². The van der Waals surface area contributed by atoms with Gasteiger partial charge in [-0.15, -0.1) is 11.3 Å². The van der Waals surface area contributed by atoms with Crippen molar-refractivity contribution in [2.45, 2.75) is 5.92 Å². The quantitative estimate of drug-likeness (QED) is 0.586. The number of nitrogens with zero attached hydrogens (tertiary/aromatic N) is 2. The highest BCUT2D eigenvalue weighted by Crippen LogP contribution is 2.29. The zero-order chi connectivity index (χ0) is 17.2. The summed E-state index contributed by atoms with van der Waals surface area (Å²) in [5, 5.41) is 14.9. The number of benzene rings is 3. The Kier molecular flexibility index (Phi) is 3.88. The van der Waals surface area contributed by atoms with E-state index in [1.807, 2.05) is 66.7 Å². The lowest BCUT2D eigenvalue weighted by Crippen LogP contribution is -2.20. The second-order valence-corrected chi connectivity index (χ2v) is 6.66. The molecule has 0 fully saturated rings. The molecule has 0 radical (unpaired) electrons. The van der Waals surface area contributed by atoms with Gasteiger partial charge in [0.2, 0.25) is 5.91 Å². The fourth-order valence-electron chi connectivity index (χ4n) is 2.78. The number of fused-ring (bicyclic) bond motifs is 2. The monoisotopic (exact) mass is 343 g/mol. The van der Waals surface area contributed by atoms with Gasteiger partial charge in [0.05, 0.1) is 16.3 Å². The van der Waals surface area contributed by atoms with Crippen molar-refractivity contribution < 1.29 is 4.79 Å². The van der Waals surface area contributed by atoms with Crippen LogP contribution in [-0.4, -0.2) is 10.9 Å². The normalized spacial score (nSPS) is 12.0. The molecule has 0 aliphatic heterocycles. The number of nitriles is 1. The Morgan fingerprint density at radius 1 is 1.04 bits per heavy atom. The number of hydrogen-bond donors (Lipinski definition) is 1. The van der Waals surface area contributed by atoms with Gasteiger partial charge in [-0.2, -0.15) is 5.26 Å². The first-order valence-corrected chi connectivity index (χ1v) is 8.61. The van der Waals surface area contributed by atoms with E-state index in [1.165, 1.54) is 11.3 Å². The minimum Gasteiger partial charge on any atom is -0.324 e. The second-order valence-electron chi connectivity index (χ2n) is 5.60. The summed E-state index contributed by atoms with van der Waals surface area (Å²) in [5.74, 6) is -1.30. The molecule has 1 amide bonds. The van der Waals surface area contributed by atoms with Gasteiger partial charge in [0, 0.05) is 11.1 Å². The number of amides is 1. The Balaban J connectivity index is 1.67. The Hall–Kier alpha value is -3.23. The maximum atomic E-state index is 12.7. The molecule has 0 bridgehead atoms. The summed E-state index contributed by atoms with van der Waals surface area (Å²) < 4.78 is 0.968. The largest absolute Gasteiger partial charge is 0.324 e. The first-order chi connectivity index (χ1) is 12.3. The van der Waals surface area contributed by atoms with Crippen molar-refractivity contribution in [1.82, 2.24) is 4.98 Å². The Bertz CT molecular complexity index is 1090. The van der Waals surface area contributed by atoms with Crippen LogP contribution in [0, 0.1) is 11.3 Å². The number of para-hydroxylation sites is 1. The highest BCUT2D eigenvalue weighted by atomic mass is 32.1. The summed E-state index contributed by atoms with van der Waals surface area (Å²) >= 11 is 1.38. The topological polar surface area (TPSA) is 65.8 Å². The van der Waals surface area contributed by atoms with Crippen LogP contribution < -0.4 is 5.32 Å². The van der Waals surface area contributed by atoms with E-state index >= 15 is 0 Å². The number of nitrogens with one attached hydrogen (secondary N) is 1. The predicted molar refractivity (Wildman–Crippen MR) is 101 cm³/mol. The molecule has 0 saturated heterocycles. The highest BCUT2D eigenvalue weighted by Gasteiger charge is 2.24. The number of carbonyl (C=O) groups excluding carboxylic acids is 1. The minimum atomic E-state index is -0.934. The van der Waals surface area contributed by atoms with Gasteiger partial charge in [-0.3, -0.25) is 4.79 Å². The smallest absolute Gasteiger partial charge is 0.248 e. The molecule has 120 valence electrons. The molecule has 0 spiro atoms. The molecule has 5 heteroatoms. The van der Waals surface area contributed by atoms with Crippen LogP contribution in [0.2, 0.25) is 0 Å². The molecule has 0 saturated carbocycles. The number of hydrogen-bond acceptors (Lipinski definition) is 4. The summed E-state index contributed by atoms with van der Waals surface area (Å²) in [7, 11) is 0. The first-order valence-electron chi connectivity index (χ1n) is 7.80. The third kappa shape index (κ3) is 2.84. The van der Waals surface area contributed by atoms with Crippen LogP contribution in [0.3, 0.4) is 0 Å². The predicted octanol–water partition coefficient (Wildman–Crippen LogP) is 4.70. The standard InChI is InChI=1S/C20H13N3OS/c21-12-15(20-23-17-9-3-4-11-18(17)25-20)19(24)22-16-10-5-7-13-6-1-2-8-14(13)16/h1-11,15H,(H,22,24)/t15-/m1/s1. The summed E-state index contributed by atoms with van der Waals surface area (Å²) in [6, 6.07) is 23.2. The Labute approximate surface area is 148 Å². The maximum absolute atomic E-state index is 12.7. The number of rotatable bonds is 3. The van der Waals surface area contributed by atoms with E-state index in [0.29, 0.717) is 10.7 Å². The van der Waals surface area contributed by atoms with Gasteiger partial charge < -0.3 is 5.32 Å².